The predicted molar refractivity (Wildman–Crippen MR) is 270 cm³/mol. The Balaban J connectivity index is 0.860. The molecule has 1 aromatic heterocycles. The molecule has 1 heterocycles. The van der Waals surface area contributed by atoms with Crippen molar-refractivity contribution in [3.8, 4) is 33.4 Å². The molecule has 0 N–H and O–H groups in total. The number of benzene rings is 13. The lowest BCUT2D eigenvalue weighted by Gasteiger charge is -2.16. The van der Waals surface area contributed by atoms with Crippen LogP contribution in [0.15, 0.2) is 223 Å². The minimum absolute atomic E-state index is 0.896. The second-order valence-corrected chi connectivity index (χ2v) is 17.1. The van der Waals surface area contributed by atoms with Gasteiger partial charge in [0.1, 0.15) is 11.2 Å². The van der Waals surface area contributed by atoms with E-state index in [1.807, 2.05) is 0 Å². The highest BCUT2D eigenvalue weighted by molar-refractivity contribution is 6.33. The molecule has 290 valence electrons. The first-order chi connectivity index (χ1) is 31.2. The monoisotopic (exact) mass is 796 g/mol. The van der Waals surface area contributed by atoms with Gasteiger partial charge in [-0.05, 0) is 168 Å². The minimum Gasteiger partial charge on any atom is -0.456 e. The predicted octanol–water partition coefficient (Wildman–Crippen LogP) is 17.8. The van der Waals surface area contributed by atoms with Crippen LogP contribution in [0.5, 0.6) is 0 Å². The average Bonchev–Trinajstić information content (AvgIpc) is 3.72. The standard InChI is InChI=1S/C62H36O/c1-2-12-44-37(11-1)25-28-51-46-14-3-5-16-48(46)56(35-58(44)51)43-27-30-53-52-29-26-41(33-60(52)63-61(53)34-43)39-21-22-40-32-42(24-23-38(40)31-39)57-36-59-49-17-6-4-13-45(49)47-15-7-9-19-54(47)62(59)55-20-10-8-18-50(55)57/h1-36H. The zero-order valence-corrected chi connectivity index (χ0v) is 34.2. The molecule has 0 amide bonds. The Morgan fingerprint density at radius 1 is 0.206 bits per heavy atom. The van der Waals surface area contributed by atoms with Crippen molar-refractivity contribution in [3.63, 3.8) is 0 Å². The molecule has 0 saturated heterocycles. The van der Waals surface area contributed by atoms with Crippen molar-refractivity contribution in [2.45, 2.75) is 0 Å². The van der Waals surface area contributed by atoms with E-state index in [0.717, 1.165) is 33.1 Å². The van der Waals surface area contributed by atoms with Crippen molar-refractivity contribution >= 4 is 108 Å². The molecular weight excluding hydrogens is 761 g/mol. The van der Waals surface area contributed by atoms with Gasteiger partial charge in [0.25, 0.3) is 0 Å². The van der Waals surface area contributed by atoms with Gasteiger partial charge in [-0.1, -0.05) is 170 Å². The van der Waals surface area contributed by atoms with Crippen molar-refractivity contribution < 1.29 is 4.42 Å². The number of furan rings is 1. The average molecular weight is 797 g/mol. The van der Waals surface area contributed by atoms with Crippen molar-refractivity contribution in [2.75, 3.05) is 0 Å². The first-order valence-corrected chi connectivity index (χ1v) is 21.8. The molecule has 1 nitrogen and oxygen atoms in total. The van der Waals surface area contributed by atoms with E-state index in [2.05, 4.69) is 218 Å². The number of hydrogen-bond acceptors (Lipinski definition) is 1. The van der Waals surface area contributed by atoms with Crippen LogP contribution >= 0.6 is 0 Å². The van der Waals surface area contributed by atoms with E-state index in [1.165, 1.54) is 108 Å². The van der Waals surface area contributed by atoms with Crippen LogP contribution in [0.1, 0.15) is 0 Å². The molecule has 0 atom stereocenters. The minimum atomic E-state index is 0.896. The normalized spacial score (nSPS) is 12.1. The topological polar surface area (TPSA) is 13.1 Å². The zero-order chi connectivity index (χ0) is 41.2. The molecule has 0 aliphatic rings. The summed E-state index contributed by atoms with van der Waals surface area (Å²) in [5.74, 6) is 0. The molecule has 13 aromatic carbocycles. The van der Waals surface area contributed by atoms with Crippen LogP contribution < -0.4 is 0 Å². The maximum atomic E-state index is 6.71. The van der Waals surface area contributed by atoms with Gasteiger partial charge in [0, 0.05) is 10.8 Å². The van der Waals surface area contributed by atoms with Crippen LogP contribution in [0.25, 0.3) is 141 Å². The highest BCUT2D eigenvalue weighted by atomic mass is 16.3. The summed E-state index contributed by atoms with van der Waals surface area (Å²) < 4.78 is 6.71. The third kappa shape index (κ3) is 5.11. The quantitative estimate of drug-likeness (QED) is 0.162. The molecule has 0 fully saturated rings. The van der Waals surface area contributed by atoms with E-state index in [0.29, 0.717) is 0 Å². The van der Waals surface area contributed by atoms with Crippen molar-refractivity contribution in [1.29, 1.82) is 0 Å². The van der Waals surface area contributed by atoms with Crippen LogP contribution in [0.2, 0.25) is 0 Å². The van der Waals surface area contributed by atoms with Crippen molar-refractivity contribution in [3.05, 3.63) is 218 Å². The van der Waals surface area contributed by atoms with E-state index in [9.17, 15) is 0 Å². The summed E-state index contributed by atoms with van der Waals surface area (Å²) >= 11 is 0. The number of hydrogen-bond donors (Lipinski definition) is 0. The maximum absolute atomic E-state index is 6.71. The fourth-order valence-corrected chi connectivity index (χ4v) is 10.8. The molecule has 14 aromatic rings. The van der Waals surface area contributed by atoms with E-state index in [1.54, 1.807) is 0 Å². The van der Waals surface area contributed by atoms with Crippen molar-refractivity contribution in [2.24, 2.45) is 0 Å². The third-order valence-electron chi connectivity index (χ3n) is 13.8. The highest BCUT2D eigenvalue weighted by Crippen LogP contribution is 2.44. The first kappa shape index (κ1) is 34.5. The summed E-state index contributed by atoms with van der Waals surface area (Å²) in [6.07, 6.45) is 0. The summed E-state index contributed by atoms with van der Waals surface area (Å²) in [6, 6.07) is 80.5. The largest absolute Gasteiger partial charge is 0.456 e. The summed E-state index contributed by atoms with van der Waals surface area (Å²) in [5, 5.41) is 22.6. The molecule has 0 radical (unpaired) electrons. The van der Waals surface area contributed by atoms with E-state index < -0.39 is 0 Å². The molecule has 0 unspecified atom stereocenters. The smallest absolute Gasteiger partial charge is 0.136 e. The summed E-state index contributed by atoms with van der Waals surface area (Å²) in [6.45, 7) is 0. The fraction of sp³-hybridized carbons (Fsp3) is 0. The Kier molecular flexibility index (Phi) is 7.17. The Labute approximate surface area is 362 Å². The third-order valence-corrected chi connectivity index (χ3v) is 13.8. The van der Waals surface area contributed by atoms with Gasteiger partial charge < -0.3 is 4.42 Å². The van der Waals surface area contributed by atoms with Gasteiger partial charge in [-0.15, -0.1) is 0 Å². The Morgan fingerprint density at radius 2 is 0.587 bits per heavy atom. The summed E-state index contributed by atoms with van der Waals surface area (Å²) in [5.41, 5.74) is 8.95. The Hall–Kier alpha value is -8.26. The molecule has 0 saturated carbocycles. The molecule has 0 bridgehead atoms. The molecule has 0 aliphatic heterocycles. The van der Waals surface area contributed by atoms with Gasteiger partial charge in [-0.25, -0.2) is 0 Å². The molecule has 0 aliphatic carbocycles. The second-order valence-electron chi connectivity index (χ2n) is 17.1. The van der Waals surface area contributed by atoms with Gasteiger partial charge in [-0.3, -0.25) is 0 Å². The van der Waals surface area contributed by atoms with Crippen LogP contribution in [0.4, 0.5) is 0 Å². The molecule has 1 heteroatoms. The Bertz CT molecular complexity index is 4260. The fourth-order valence-electron chi connectivity index (χ4n) is 10.8. The highest BCUT2D eigenvalue weighted by Gasteiger charge is 2.17. The lowest BCUT2D eigenvalue weighted by atomic mass is 9.87. The first-order valence-electron chi connectivity index (χ1n) is 21.8. The summed E-state index contributed by atoms with van der Waals surface area (Å²) in [7, 11) is 0. The van der Waals surface area contributed by atoms with Crippen LogP contribution in [0.3, 0.4) is 0 Å². The molecule has 14 rings (SSSR count). The van der Waals surface area contributed by atoms with E-state index in [4.69, 9.17) is 4.42 Å². The van der Waals surface area contributed by atoms with E-state index >= 15 is 0 Å². The van der Waals surface area contributed by atoms with Gasteiger partial charge in [0.15, 0.2) is 0 Å². The SMILES string of the molecule is c1ccc2c(c1)ccc1c3ccccc3c(-c3ccc4c(c3)oc3cc(-c5ccc6cc(-c7cc8c9ccccc9c9ccccc9c8c8ccccc78)ccc6c5)ccc34)cc21. The summed E-state index contributed by atoms with van der Waals surface area (Å²) in [4.78, 5) is 0. The van der Waals surface area contributed by atoms with Gasteiger partial charge in [0.2, 0.25) is 0 Å². The van der Waals surface area contributed by atoms with Crippen molar-refractivity contribution in [1.82, 2.24) is 0 Å². The van der Waals surface area contributed by atoms with Crippen LogP contribution in [0, 0.1) is 0 Å². The number of fused-ring (bicyclic) bond motifs is 17. The van der Waals surface area contributed by atoms with E-state index in [-0.39, 0.29) is 0 Å². The van der Waals surface area contributed by atoms with Crippen LogP contribution in [-0.4, -0.2) is 0 Å². The van der Waals surface area contributed by atoms with Gasteiger partial charge in [-0.2, -0.15) is 0 Å². The molecule has 63 heavy (non-hydrogen) atoms. The Morgan fingerprint density at radius 3 is 1.29 bits per heavy atom. The van der Waals surface area contributed by atoms with Gasteiger partial charge >= 0.3 is 0 Å². The van der Waals surface area contributed by atoms with Gasteiger partial charge in [0.05, 0.1) is 0 Å². The lowest BCUT2D eigenvalue weighted by molar-refractivity contribution is 0.669. The maximum Gasteiger partial charge on any atom is 0.136 e. The number of rotatable bonds is 3. The second kappa shape index (κ2) is 13.1. The molecular formula is C62H36O. The molecule has 0 spiro atoms. The zero-order valence-electron chi connectivity index (χ0n) is 34.2. The van der Waals surface area contributed by atoms with Crippen LogP contribution in [-0.2, 0) is 0 Å². The lowest BCUT2D eigenvalue weighted by Crippen LogP contribution is -1.89.